The molecular weight excluding hydrogens is 278 g/mol. The van der Waals surface area contributed by atoms with Crippen LogP contribution < -0.4 is 5.32 Å². The monoisotopic (exact) mass is 299 g/mol. The van der Waals surface area contributed by atoms with Gasteiger partial charge in [-0.05, 0) is 31.4 Å². The van der Waals surface area contributed by atoms with E-state index in [-0.39, 0.29) is 17.9 Å². The molecule has 0 radical (unpaired) electrons. The van der Waals surface area contributed by atoms with Crippen LogP contribution >= 0.6 is 0 Å². The molecule has 22 heavy (non-hydrogen) atoms. The van der Waals surface area contributed by atoms with Crippen LogP contribution in [0.2, 0.25) is 0 Å². The van der Waals surface area contributed by atoms with Crippen molar-refractivity contribution in [3.8, 4) is 0 Å². The first-order valence-electron chi connectivity index (χ1n) is 7.79. The lowest BCUT2D eigenvalue weighted by atomic mass is 10.1. The van der Waals surface area contributed by atoms with E-state index in [0.717, 1.165) is 18.4 Å². The van der Waals surface area contributed by atoms with Crippen LogP contribution in [0.3, 0.4) is 0 Å². The molecule has 0 bridgehead atoms. The normalized spacial score (nSPS) is 18.5. The molecule has 0 saturated carbocycles. The number of fused-ring (bicyclic) bond motifs is 1. The maximum absolute atomic E-state index is 12.3. The summed E-state index contributed by atoms with van der Waals surface area (Å²) >= 11 is 0. The number of hydrogen-bond donors (Lipinski definition) is 2. The van der Waals surface area contributed by atoms with E-state index in [9.17, 15) is 9.59 Å². The summed E-state index contributed by atoms with van der Waals surface area (Å²) < 4.78 is 0. The van der Waals surface area contributed by atoms with Crippen LogP contribution in [-0.4, -0.2) is 40.8 Å². The van der Waals surface area contributed by atoms with Crippen molar-refractivity contribution in [3.05, 3.63) is 36.0 Å². The lowest BCUT2D eigenvalue weighted by Crippen LogP contribution is -2.55. The van der Waals surface area contributed by atoms with Crippen molar-refractivity contribution in [1.82, 2.24) is 15.2 Å². The average molecular weight is 299 g/mol. The molecule has 5 heteroatoms. The second-order valence-corrected chi connectivity index (χ2v) is 5.77. The van der Waals surface area contributed by atoms with E-state index in [4.69, 9.17) is 0 Å². The van der Waals surface area contributed by atoms with Gasteiger partial charge in [0.15, 0.2) is 0 Å². The predicted molar refractivity (Wildman–Crippen MR) is 85.4 cm³/mol. The number of benzene rings is 1. The van der Waals surface area contributed by atoms with E-state index in [1.165, 1.54) is 10.9 Å². The van der Waals surface area contributed by atoms with Crippen molar-refractivity contribution in [3.63, 3.8) is 0 Å². The fourth-order valence-corrected chi connectivity index (χ4v) is 3.04. The van der Waals surface area contributed by atoms with Crippen LogP contribution in [0.1, 0.15) is 25.3 Å². The first-order chi connectivity index (χ1) is 10.7. The van der Waals surface area contributed by atoms with E-state index in [2.05, 4.69) is 22.4 Å². The number of carbonyl (C=O) groups is 2. The van der Waals surface area contributed by atoms with Gasteiger partial charge in [-0.15, -0.1) is 0 Å². The van der Waals surface area contributed by atoms with Crippen molar-refractivity contribution in [2.75, 3.05) is 13.1 Å². The Morgan fingerprint density at radius 1 is 1.36 bits per heavy atom. The Morgan fingerprint density at radius 3 is 3.05 bits per heavy atom. The Kier molecular flexibility index (Phi) is 4.13. The van der Waals surface area contributed by atoms with Crippen LogP contribution in [0.25, 0.3) is 10.9 Å². The van der Waals surface area contributed by atoms with Crippen LogP contribution in [0.5, 0.6) is 0 Å². The lowest BCUT2D eigenvalue weighted by Gasteiger charge is -2.32. The number of nitrogens with one attached hydrogen (secondary N) is 2. The summed E-state index contributed by atoms with van der Waals surface area (Å²) in [5, 5.41) is 4.00. The van der Waals surface area contributed by atoms with Crippen LogP contribution in [0.4, 0.5) is 0 Å². The van der Waals surface area contributed by atoms with E-state index >= 15 is 0 Å². The number of aromatic nitrogens is 1. The molecule has 2 heterocycles. The van der Waals surface area contributed by atoms with Gasteiger partial charge in [-0.3, -0.25) is 9.59 Å². The summed E-state index contributed by atoms with van der Waals surface area (Å²) in [5.74, 6) is 0.0124. The minimum Gasteiger partial charge on any atom is -0.361 e. The standard InChI is InChI=1S/C17H21N3O2/c1-12-17(22)18-9-10-20(12)16(21)8-4-5-13-11-19-15-7-3-2-6-14(13)15/h2-3,6-7,11-12,19H,4-5,8-10H2,1H3,(H,18,22). The number of para-hydroxylation sites is 1. The van der Waals surface area contributed by atoms with Crippen molar-refractivity contribution >= 4 is 22.7 Å². The Labute approximate surface area is 129 Å². The number of amides is 2. The number of aromatic amines is 1. The van der Waals surface area contributed by atoms with Gasteiger partial charge in [-0.25, -0.2) is 0 Å². The lowest BCUT2D eigenvalue weighted by molar-refractivity contribution is -0.142. The molecule has 1 aromatic carbocycles. The minimum absolute atomic E-state index is 0.0590. The zero-order chi connectivity index (χ0) is 15.5. The summed E-state index contributed by atoms with van der Waals surface area (Å²) in [6.45, 7) is 2.95. The van der Waals surface area contributed by atoms with Gasteiger partial charge in [0, 0.05) is 36.6 Å². The highest BCUT2D eigenvalue weighted by Gasteiger charge is 2.28. The third-order valence-electron chi connectivity index (χ3n) is 4.33. The van der Waals surface area contributed by atoms with Gasteiger partial charge >= 0.3 is 0 Å². The molecule has 1 unspecified atom stereocenters. The molecule has 1 fully saturated rings. The quantitative estimate of drug-likeness (QED) is 0.904. The van der Waals surface area contributed by atoms with Gasteiger partial charge in [0.05, 0.1) is 0 Å². The second kappa shape index (κ2) is 6.22. The van der Waals surface area contributed by atoms with Crippen LogP contribution in [-0.2, 0) is 16.0 Å². The predicted octanol–water partition coefficient (Wildman–Crippen LogP) is 1.84. The summed E-state index contributed by atoms with van der Waals surface area (Å²) in [7, 11) is 0. The third kappa shape index (κ3) is 2.84. The fraction of sp³-hybridized carbons (Fsp3) is 0.412. The van der Waals surface area contributed by atoms with Crippen molar-refractivity contribution in [1.29, 1.82) is 0 Å². The van der Waals surface area contributed by atoms with Gasteiger partial charge in [-0.1, -0.05) is 18.2 Å². The van der Waals surface area contributed by atoms with Crippen molar-refractivity contribution < 1.29 is 9.59 Å². The third-order valence-corrected chi connectivity index (χ3v) is 4.33. The number of rotatable bonds is 4. The summed E-state index contributed by atoms with van der Waals surface area (Å²) in [5.41, 5.74) is 2.37. The topological polar surface area (TPSA) is 65.2 Å². The first kappa shape index (κ1) is 14.6. The summed E-state index contributed by atoms with van der Waals surface area (Å²) in [4.78, 5) is 28.8. The highest BCUT2D eigenvalue weighted by Crippen LogP contribution is 2.20. The largest absolute Gasteiger partial charge is 0.361 e. The fourth-order valence-electron chi connectivity index (χ4n) is 3.04. The zero-order valence-electron chi connectivity index (χ0n) is 12.8. The molecule has 1 aliphatic heterocycles. The van der Waals surface area contributed by atoms with Gasteiger partial charge in [0.25, 0.3) is 0 Å². The van der Waals surface area contributed by atoms with Gasteiger partial charge in [-0.2, -0.15) is 0 Å². The smallest absolute Gasteiger partial charge is 0.242 e. The van der Waals surface area contributed by atoms with Crippen LogP contribution in [0, 0.1) is 0 Å². The molecule has 1 saturated heterocycles. The molecule has 116 valence electrons. The van der Waals surface area contributed by atoms with E-state index in [1.807, 2.05) is 18.3 Å². The SMILES string of the molecule is CC1C(=O)NCCN1C(=O)CCCc1c[nH]c2ccccc12. The summed E-state index contributed by atoms with van der Waals surface area (Å²) in [6.07, 6.45) is 4.17. The molecule has 2 amide bonds. The maximum Gasteiger partial charge on any atom is 0.242 e. The Balaban J connectivity index is 1.56. The highest BCUT2D eigenvalue weighted by atomic mass is 16.2. The highest BCUT2D eigenvalue weighted by molar-refractivity contribution is 5.88. The van der Waals surface area contributed by atoms with E-state index in [0.29, 0.717) is 19.5 Å². The molecule has 1 aromatic heterocycles. The maximum atomic E-state index is 12.3. The molecular formula is C17H21N3O2. The van der Waals surface area contributed by atoms with E-state index in [1.54, 1.807) is 11.8 Å². The Hall–Kier alpha value is -2.30. The van der Waals surface area contributed by atoms with Gasteiger partial charge in [0.1, 0.15) is 6.04 Å². The number of piperazine rings is 1. The molecule has 0 spiro atoms. The van der Waals surface area contributed by atoms with Gasteiger partial charge in [0.2, 0.25) is 11.8 Å². The molecule has 1 aliphatic rings. The molecule has 2 N–H and O–H groups in total. The molecule has 2 aromatic rings. The van der Waals surface area contributed by atoms with Crippen molar-refractivity contribution in [2.24, 2.45) is 0 Å². The minimum atomic E-state index is -0.352. The number of H-pyrrole nitrogens is 1. The second-order valence-electron chi connectivity index (χ2n) is 5.77. The molecule has 3 rings (SSSR count). The Morgan fingerprint density at radius 2 is 2.18 bits per heavy atom. The number of carbonyl (C=O) groups excluding carboxylic acids is 2. The Bertz CT molecular complexity index is 692. The molecule has 0 aliphatic carbocycles. The van der Waals surface area contributed by atoms with Crippen molar-refractivity contribution in [2.45, 2.75) is 32.2 Å². The van der Waals surface area contributed by atoms with E-state index < -0.39 is 0 Å². The molecule has 1 atom stereocenters. The number of aryl methyl sites for hydroxylation is 1. The van der Waals surface area contributed by atoms with Crippen LogP contribution in [0.15, 0.2) is 30.5 Å². The average Bonchev–Trinajstić information content (AvgIpc) is 2.93. The first-order valence-corrected chi connectivity index (χ1v) is 7.79. The van der Waals surface area contributed by atoms with Gasteiger partial charge < -0.3 is 15.2 Å². The zero-order valence-corrected chi connectivity index (χ0v) is 12.8. The number of nitrogens with zero attached hydrogens (tertiary/aromatic N) is 1. The summed E-state index contributed by atoms with van der Waals surface area (Å²) in [6, 6.07) is 7.83. The number of hydrogen-bond acceptors (Lipinski definition) is 2. The molecule has 5 nitrogen and oxygen atoms in total.